The van der Waals surface area contributed by atoms with Gasteiger partial charge in [-0.2, -0.15) is 0 Å². The average Bonchev–Trinajstić information content (AvgIpc) is 2.04. The average molecular weight is 146 g/mol. The van der Waals surface area contributed by atoms with Crippen molar-refractivity contribution in [1.29, 1.82) is 5.41 Å². The Hall–Kier alpha value is -1.51. The highest BCUT2D eigenvalue weighted by Crippen LogP contribution is 2.23. The summed E-state index contributed by atoms with van der Waals surface area (Å²) in [5.41, 5.74) is 1.88. The van der Waals surface area contributed by atoms with Crippen molar-refractivity contribution in [2.75, 3.05) is 11.9 Å². The van der Waals surface area contributed by atoms with Crippen molar-refractivity contribution in [3.05, 3.63) is 24.3 Å². The Morgan fingerprint density at radius 3 is 3.09 bits per heavy atom. The first-order valence-corrected chi connectivity index (χ1v) is 3.47. The molecule has 0 bridgehead atoms. The fourth-order valence-corrected chi connectivity index (χ4v) is 1.08. The predicted molar refractivity (Wildman–Crippen MR) is 44.5 cm³/mol. The van der Waals surface area contributed by atoms with Gasteiger partial charge in [-0.1, -0.05) is 12.1 Å². The quantitative estimate of drug-likeness (QED) is 0.570. The van der Waals surface area contributed by atoms with E-state index in [2.05, 4.69) is 10.6 Å². The van der Waals surface area contributed by atoms with E-state index >= 15 is 0 Å². The zero-order valence-electron chi connectivity index (χ0n) is 5.96. The maximum Gasteiger partial charge on any atom is 0.120 e. The summed E-state index contributed by atoms with van der Waals surface area (Å²) >= 11 is 0. The van der Waals surface area contributed by atoms with Crippen LogP contribution in [0, 0.1) is 5.41 Å². The van der Waals surface area contributed by atoms with Gasteiger partial charge >= 0.3 is 0 Å². The van der Waals surface area contributed by atoms with Crippen LogP contribution in [0.2, 0.25) is 0 Å². The first kappa shape index (κ1) is 6.22. The van der Waals surface area contributed by atoms with Crippen LogP contribution in [-0.4, -0.2) is 12.4 Å². The molecule has 55 valence electrons. The third-order valence-corrected chi connectivity index (χ3v) is 1.60. The molecule has 1 radical (unpaired) electrons. The highest BCUT2D eigenvalue weighted by Gasteiger charge is 2.10. The number of anilines is 1. The van der Waals surface area contributed by atoms with E-state index in [1.807, 2.05) is 24.3 Å². The summed E-state index contributed by atoms with van der Waals surface area (Å²) in [7, 11) is 0. The Kier molecular flexibility index (Phi) is 1.28. The van der Waals surface area contributed by atoms with Crippen LogP contribution in [0.3, 0.4) is 0 Å². The molecule has 0 atom stereocenters. The van der Waals surface area contributed by atoms with Gasteiger partial charge in [-0.05, 0) is 12.1 Å². The summed E-state index contributed by atoms with van der Waals surface area (Å²) in [5, 5.41) is 14.5. The minimum absolute atomic E-state index is 0.462. The van der Waals surface area contributed by atoms with Crippen molar-refractivity contribution in [3.63, 3.8) is 0 Å². The van der Waals surface area contributed by atoms with Gasteiger partial charge < -0.3 is 5.32 Å². The molecule has 1 heterocycles. The summed E-state index contributed by atoms with van der Waals surface area (Å²) < 4.78 is 0. The Morgan fingerprint density at radius 1 is 1.36 bits per heavy atom. The van der Waals surface area contributed by atoms with Gasteiger partial charge in [-0.25, -0.2) is 0 Å². The molecule has 0 spiro atoms. The minimum atomic E-state index is 0.462. The van der Waals surface area contributed by atoms with Crippen molar-refractivity contribution in [2.45, 2.75) is 0 Å². The Balaban J connectivity index is 2.41. The maximum absolute atomic E-state index is 7.31. The van der Waals surface area contributed by atoms with Gasteiger partial charge in [-0.15, -0.1) is 0 Å². The van der Waals surface area contributed by atoms with Crippen LogP contribution in [0.5, 0.6) is 0 Å². The van der Waals surface area contributed by atoms with Crippen molar-refractivity contribution in [1.82, 2.24) is 5.32 Å². The second kappa shape index (κ2) is 2.27. The van der Waals surface area contributed by atoms with Crippen LogP contribution < -0.4 is 10.6 Å². The van der Waals surface area contributed by atoms with Crippen molar-refractivity contribution in [3.8, 4) is 0 Å². The van der Waals surface area contributed by atoms with E-state index in [9.17, 15) is 0 Å². The van der Waals surface area contributed by atoms with Crippen LogP contribution in [0.4, 0.5) is 11.4 Å². The molecule has 1 aliphatic heterocycles. The number of hydrogen-bond acceptors (Lipinski definition) is 1. The number of benzene rings is 1. The smallest absolute Gasteiger partial charge is 0.120 e. The number of nitrogens with zero attached hydrogens (tertiary/aromatic N) is 1. The molecule has 2 rings (SSSR count). The summed E-state index contributed by atoms with van der Waals surface area (Å²) in [6.45, 7) is 0.469. The molecule has 11 heavy (non-hydrogen) atoms. The fraction of sp³-hybridized carbons (Fsp3) is 0.125. The van der Waals surface area contributed by atoms with E-state index < -0.39 is 0 Å². The zero-order chi connectivity index (χ0) is 7.68. The monoisotopic (exact) mass is 146 g/mol. The van der Waals surface area contributed by atoms with Gasteiger partial charge in [0.25, 0.3) is 0 Å². The third kappa shape index (κ3) is 1.05. The highest BCUT2D eigenvalue weighted by atomic mass is 15.1. The topological polar surface area (TPSA) is 50.0 Å². The van der Waals surface area contributed by atoms with Gasteiger partial charge in [-0.3, -0.25) is 10.7 Å². The molecule has 1 aliphatic rings. The van der Waals surface area contributed by atoms with Crippen LogP contribution in [0.25, 0.3) is 0 Å². The molecule has 0 unspecified atom stereocenters. The Bertz CT molecular complexity index is 293. The zero-order valence-corrected chi connectivity index (χ0v) is 5.96. The molecule has 0 saturated carbocycles. The lowest BCUT2D eigenvalue weighted by Crippen LogP contribution is -2.25. The van der Waals surface area contributed by atoms with E-state index in [1.54, 1.807) is 0 Å². The number of amidine groups is 1. The van der Waals surface area contributed by atoms with Crippen LogP contribution >= 0.6 is 0 Å². The van der Waals surface area contributed by atoms with E-state index in [-0.39, 0.29) is 0 Å². The molecule has 0 fully saturated rings. The Morgan fingerprint density at radius 2 is 2.18 bits per heavy atom. The van der Waals surface area contributed by atoms with Crippen LogP contribution in [-0.2, 0) is 0 Å². The fourth-order valence-electron chi connectivity index (χ4n) is 1.08. The van der Waals surface area contributed by atoms with Gasteiger partial charge in [0.2, 0.25) is 0 Å². The van der Waals surface area contributed by atoms with E-state index in [1.165, 1.54) is 0 Å². The first-order chi connectivity index (χ1) is 5.36. The molecule has 0 aliphatic carbocycles. The normalized spacial score (nSPS) is 14.7. The van der Waals surface area contributed by atoms with Gasteiger partial charge in [0.05, 0.1) is 17.9 Å². The molecule has 0 saturated heterocycles. The summed E-state index contributed by atoms with van der Waals surface area (Å²) in [4.78, 5) is 0. The van der Waals surface area contributed by atoms with Crippen LogP contribution in [0.1, 0.15) is 0 Å². The van der Waals surface area contributed by atoms with E-state index in [0.717, 1.165) is 11.4 Å². The molecular weight excluding hydrogens is 138 g/mol. The number of para-hydroxylation sites is 2. The lowest BCUT2D eigenvalue weighted by Gasteiger charge is -2.17. The second-order valence-electron chi connectivity index (χ2n) is 2.44. The second-order valence-corrected chi connectivity index (χ2v) is 2.44. The van der Waals surface area contributed by atoms with Crippen molar-refractivity contribution >= 4 is 17.2 Å². The van der Waals surface area contributed by atoms with Gasteiger partial charge in [0.15, 0.2) is 0 Å². The number of rotatable bonds is 0. The molecular formula is C8H8N3. The van der Waals surface area contributed by atoms with Gasteiger partial charge in [0.1, 0.15) is 5.84 Å². The molecule has 1 aromatic rings. The van der Waals surface area contributed by atoms with Gasteiger partial charge in [0, 0.05) is 0 Å². The third-order valence-electron chi connectivity index (χ3n) is 1.60. The highest BCUT2D eigenvalue weighted by molar-refractivity contribution is 5.99. The summed E-state index contributed by atoms with van der Waals surface area (Å²) in [6.07, 6.45) is 0. The van der Waals surface area contributed by atoms with E-state index in [4.69, 9.17) is 5.41 Å². The van der Waals surface area contributed by atoms with Crippen molar-refractivity contribution < 1.29 is 0 Å². The maximum atomic E-state index is 7.31. The summed E-state index contributed by atoms with van der Waals surface area (Å²) in [5.74, 6) is 0.462. The molecule has 3 heteroatoms. The predicted octanol–water partition coefficient (Wildman–Crippen LogP) is 1.33. The molecule has 2 N–H and O–H groups in total. The molecule has 1 aromatic carbocycles. The largest absolute Gasteiger partial charge is 0.341 e. The van der Waals surface area contributed by atoms with Crippen molar-refractivity contribution in [2.24, 2.45) is 0 Å². The molecule has 0 amide bonds. The molecule has 0 aromatic heterocycles. The Labute approximate surface area is 64.9 Å². The lowest BCUT2D eigenvalue weighted by atomic mass is 10.2. The number of nitrogens with one attached hydrogen (secondary N) is 2. The van der Waals surface area contributed by atoms with E-state index in [0.29, 0.717) is 12.4 Å². The SMILES string of the molecule is N=C1C[N]c2ccccc2N1. The minimum Gasteiger partial charge on any atom is -0.341 e. The summed E-state index contributed by atoms with van der Waals surface area (Å²) in [6, 6.07) is 7.74. The first-order valence-electron chi connectivity index (χ1n) is 3.47. The van der Waals surface area contributed by atoms with Crippen LogP contribution in [0.15, 0.2) is 24.3 Å². The molecule has 3 nitrogen and oxygen atoms in total. The number of hydrogen-bond donors (Lipinski definition) is 2. The number of fused-ring (bicyclic) bond motifs is 1. The standard InChI is InChI=1S/C8H8N3/c9-8-5-10-6-3-1-2-4-7(6)11-8/h1-4H,5H2,(H2,9,11). The lowest BCUT2D eigenvalue weighted by molar-refractivity contribution is 0.980.